The van der Waals surface area contributed by atoms with E-state index in [-0.39, 0.29) is 17.0 Å². The molecule has 3 heteroatoms. The largest absolute Gasteiger partial charge is 1.00 e. The van der Waals surface area contributed by atoms with Crippen molar-refractivity contribution in [2.45, 2.75) is 32.1 Å². The van der Waals surface area contributed by atoms with Gasteiger partial charge in [0.05, 0.1) is 6.16 Å². The van der Waals surface area contributed by atoms with Crippen LogP contribution in [0.25, 0.3) is 0 Å². The second-order valence-electron chi connectivity index (χ2n) is 7.36. The molecule has 0 aliphatic rings. The molecule has 0 aromatic heterocycles. The SMILES string of the molecule is ClCCCCCC/C=C/C[P+](c1ccccc1)(c1ccccc1)c1ccccc1.[Br-]. The quantitative estimate of drug-likeness (QED) is 0.163. The van der Waals surface area contributed by atoms with Crippen LogP contribution in [0.2, 0.25) is 0 Å². The monoisotopic (exact) mass is 500 g/mol. The Balaban J connectivity index is 0.00000320. The van der Waals surface area contributed by atoms with Crippen LogP contribution < -0.4 is 32.9 Å². The van der Waals surface area contributed by atoms with E-state index < -0.39 is 7.26 Å². The lowest BCUT2D eigenvalue weighted by molar-refractivity contribution is -0.00000566. The van der Waals surface area contributed by atoms with Crippen LogP contribution in [0.3, 0.4) is 0 Å². The second kappa shape index (κ2) is 13.8. The highest BCUT2D eigenvalue weighted by Gasteiger charge is 2.43. The average molecular weight is 502 g/mol. The van der Waals surface area contributed by atoms with Gasteiger partial charge in [0.15, 0.2) is 0 Å². The van der Waals surface area contributed by atoms with Crippen molar-refractivity contribution in [3.63, 3.8) is 0 Å². The minimum Gasteiger partial charge on any atom is -1.00 e. The van der Waals surface area contributed by atoms with E-state index in [0.717, 1.165) is 24.9 Å². The summed E-state index contributed by atoms with van der Waals surface area (Å²) in [4.78, 5) is 0. The van der Waals surface area contributed by atoms with E-state index in [1.807, 2.05) is 0 Å². The Morgan fingerprint density at radius 3 is 1.43 bits per heavy atom. The van der Waals surface area contributed by atoms with Crippen molar-refractivity contribution in [1.29, 1.82) is 0 Å². The molecular formula is C27H31BrClP. The van der Waals surface area contributed by atoms with Gasteiger partial charge in [0.2, 0.25) is 0 Å². The summed E-state index contributed by atoms with van der Waals surface area (Å²) in [6.07, 6.45) is 11.9. The molecule has 3 aromatic carbocycles. The van der Waals surface area contributed by atoms with Gasteiger partial charge in [-0.3, -0.25) is 0 Å². The fourth-order valence-electron chi connectivity index (χ4n) is 3.87. The van der Waals surface area contributed by atoms with Gasteiger partial charge in [-0.25, -0.2) is 0 Å². The molecule has 3 rings (SSSR count). The molecule has 158 valence electrons. The first-order valence-electron chi connectivity index (χ1n) is 10.6. The highest BCUT2D eigenvalue weighted by Crippen LogP contribution is 2.55. The molecule has 0 aliphatic carbocycles. The van der Waals surface area contributed by atoms with Crippen LogP contribution in [-0.4, -0.2) is 12.0 Å². The molecule has 0 heterocycles. The molecule has 0 bridgehead atoms. The van der Waals surface area contributed by atoms with Gasteiger partial charge in [0.1, 0.15) is 23.2 Å². The topological polar surface area (TPSA) is 0 Å². The molecule has 0 atom stereocenters. The molecule has 0 spiro atoms. The average Bonchev–Trinajstić information content (AvgIpc) is 2.80. The molecule has 0 saturated heterocycles. The Morgan fingerprint density at radius 1 is 0.567 bits per heavy atom. The molecular weight excluding hydrogens is 471 g/mol. The summed E-state index contributed by atoms with van der Waals surface area (Å²) in [7, 11) is -1.72. The van der Waals surface area contributed by atoms with Crippen molar-refractivity contribution >= 4 is 34.8 Å². The van der Waals surface area contributed by atoms with Gasteiger partial charge in [-0.05, 0) is 55.7 Å². The molecule has 0 unspecified atom stereocenters. The Bertz CT molecular complexity index is 753. The van der Waals surface area contributed by atoms with Gasteiger partial charge in [-0.15, -0.1) is 11.6 Å². The molecule has 0 radical (unpaired) electrons. The maximum Gasteiger partial charge on any atom is 0.115 e. The number of hydrogen-bond donors (Lipinski definition) is 0. The van der Waals surface area contributed by atoms with Gasteiger partial charge >= 0.3 is 0 Å². The predicted molar refractivity (Wildman–Crippen MR) is 133 cm³/mol. The minimum absolute atomic E-state index is 0. The zero-order valence-corrected chi connectivity index (χ0v) is 20.7. The van der Waals surface area contributed by atoms with Gasteiger partial charge in [0, 0.05) is 5.88 Å². The molecule has 3 aromatic rings. The summed E-state index contributed by atoms with van der Waals surface area (Å²) in [6, 6.07) is 33.3. The Kier molecular flexibility index (Phi) is 11.4. The number of allylic oxidation sites excluding steroid dienone is 2. The molecule has 0 N–H and O–H groups in total. The number of hydrogen-bond acceptors (Lipinski definition) is 0. The van der Waals surface area contributed by atoms with E-state index in [4.69, 9.17) is 11.6 Å². The second-order valence-corrected chi connectivity index (χ2v) is 11.3. The summed E-state index contributed by atoms with van der Waals surface area (Å²) < 4.78 is 0. The third kappa shape index (κ3) is 6.55. The van der Waals surface area contributed by atoms with Crippen LogP contribution in [0.5, 0.6) is 0 Å². The third-order valence-corrected chi connectivity index (χ3v) is 9.96. The van der Waals surface area contributed by atoms with Crippen LogP contribution in [-0.2, 0) is 0 Å². The lowest BCUT2D eigenvalue weighted by Crippen LogP contribution is -3.00. The summed E-state index contributed by atoms with van der Waals surface area (Å²) in [5, 5.41) is 4.34. The van der Waals surface area contributed by atoms with E-state index in [2.05, 4.69) is 103 Å². The highest BCUT2D eigenvalue weighted by atomic mass is 79.9. The Hall–Kier alpha value is -1.40. The number of benzene rings is 3. The Labute approximate surface area is 198 Å². The van der Waals surface area contributed by atoms with Crippen molar-refractivity contribution < 1.29 is 17.0 Å². The smallest absolute Gasteiger partial charge is 0.115 e. The molecule has 0 amide bonds. The minimum atomic E-state index is -1.72. The summed E-state index contributed by atoms with van der Waals surface area (Å²) >= 11 is 5.78. The van der Waals surface area contributed by atoms with E-state index >= 15 is 0 Å². The third-order valence-electron chi connectivity index (χ3n) is 5.39. The van der Waals surface area contributed by atoms with E-state index in [0.29, 0.717) is 0 Å². The highest BCUT2D eigenvalue weighted by molar-refractivity contribution is 7.95. The summed E-state index contributed by atoms with van der Waals surface area (Å²) in [5.41, 5.74) is 0. The van der Waals surface area contributed by atoms with Gasteiger partial charge < -0.3 is 17.0 Å². The number of rotatable bonds is 11. The fourth-order valence-corrected chi connectivity index (χ4v) is 8.10. The zero-order chi connectivity index (χ0) is 20.2. The van der Waals surface area contributed by atoms with Crippen LogP contribution in [0.1, 0.15) is 32.1 Å². The van der Waals surface area contributed by atoms with Crippen LogP contribution >= 0.6 is 18.9 Å². The predicted octanol–water partition coefficient (Wildman–Crippen LogP) is 3.73. The normalized spacial score (nSPS) is 11.4. The molecule has 0 fully saturated rings. The maximum atomic E-state index is 5.78. The standard InChI is InChI=1S/C27H31ClP.BrH/c28-23-15-4-2-1-3-5-16-24-29(25-17-9-6-10-18-25,26-19-11-7-12-20-26)27-21-13-8-14-22-27;/h5-14,16-22H,1-4,15,23-24H2;1H/q+1;/p-1/b16-5+;. The van der Waals surface area contributed by atoms with Crippen molar-refractivity contribution in [3.05, 3.63) is 103 Å². The first-order chi connectivity index (χ1) is 14.4. The van der Waals surface area contributed by atoms with Crippen LogP contribution in [0.4, 0.5) is 0 Å². The number of halogens is 2. The van der Waals surface area contributed by atoms with Crippen LogP contribution in [0.15, 0.2) is 103 Å². The lowest BCUT2D eigenvalue weighted by Gasteiger charge is -2.26. The van der Waals surface area contributed by atoms with Gasteiger partial charge in [0.25, 0.3) is 0 Å². The van der Waals surface area contributed by atoms with Gasteiger partial charge in [-0.1, -0.05) is 79.6 Å². The zero-order valence-electron chi connectivity index (χ0n) is 17.5. The maximum absolute atomic E-state index is 5.78. The van der Waals surface area contributed by atoms with Crippen molar-refractivity contribution in [3.8, 4) is 0 Å². The molecule has 0 aliphatic heterocycles. The molecule has 30 heavy (non-hydrogen) atoms. The van der Waals surface area contributed by atoms with Crippen molar-refractivity contribution in [2.24, 2.45) is 0 Å². The first kappa shape index (κ1) is 24.9. The fraction of sp³-hybridized carbons (Fsp3) is 0.259. The van der Waals surface area contributed by atoms with Gasteiger partial charge in [-0.2, -0.15) is 0 Å². The van der Waals surface area contributed by atoms with E-state index in [9.17, 15) is 0 Å². The van der Waals surface area contributed by atoms with E-state index in [1.54, 1.807) is 0 Å². The summed E-state index contributed by atoms with van der Waals surface area (Å²) in [5.74, 6) is 0.786. The first-order valence-corrected chi connectivity index (χ1v) is 13.1. The number of unbranched alkanes of at least 4 members (excludes halogenated alkanes) is 4. The van der Waals surface area contributed by atoms with Crippen molar-refractivity contribution in [2.75, 3.05) is 12.0 Å². The molecule has 0 nitrogen and oxygen atoms in total. The van der Waals surface area contributed by atoms with E-state index in [1.165, 1.54) is 35.2 Å². The number of alkyl halides is 1. The Morgan fingerprint density at radius 2 is 1.00 bits per heavy atom. The summed E-state index contributed by atoms with van der Waals surface area (Å²) in [6.45, 7) is 0. The van der Waals surface area contributed by atoms with Crippen LogP contribution in [0, 0.1) is 0 Å². The molecule has 0 saturated carbocycles. The lowest BCUT2D eigenvalue weighted by atomic mass is 10.1. The van der Waals surface area contributed by atoms with Crippen molar-refractivity contribution in [1.82, 2.24) is 0 Å².